The van der Waals surface area contributed by atoms with E-state index in [0.717, 1.165) is 16.9 Å². The quantitative estimate of drug-likeness (QED) is 0.672. The fourth-order valence-corrected chi connectivity index (χ4v) is 2.16. The Labute approximate surface area is 115 Å². The lowest BCUT2D eigenvalue weighted by Crippen LogP contribution is -2.19. The van der Waals surface area contributed by atoms with Crippen molar-refractivity contribution in [3.8, 4) is 5.75 Å². The van der Waals surface area contributed by atoms with Gasteiger partial charge in [-0.25, -0.2) is 5.43 Å². The van der Waals surface area contributed by atoms with Crippen molar-refractivity contribution in [3.05, 3.63) is 52.2 Å². The van der Waals surface area contributed by atoms with Gasteiger partial charge in [-0.05, 0) is 52.2 Å². The zero-order valence-corrected chi connectivity index (χ0v) is 11.3. The predicted octanol–water partition coefficient (Wildman–Crippen LogP) is 2.45. The minimum absolute atomic E-state index is 0.122. The summed E-state index contributed by atoms with van der Waals surface area (Å²) in [7, 11) is 1.62. The summed E-state index contributed by atoms with van der Waals surface area (Å²) < 4.78 is 5.06. The summed E-state index contributed by atoms with van der Waals surface area (Å²) in [5, 5.41) is 7.81. The second-order valence-corrected chi connectivity index (χ2v) is 4.65. The Balaban J connectivity index is 1.83. The number of hydrogen-bond acceptors (Lipinski definition) is 4. The van der Waals surface area contributed by atoms with Gasteiger partial charge in [0, 0.05) is 0 Å². The molecule has 0 fully saturated rings. The molecule has 0 radical (unpaired) electrons. The SMILES string of the molecule is COc1ccc(/C=N/NC(=O)Cc2ccsc2)cc1. The number of rotatable bonds is 5. The minimum atomic E-state index is -0.122. The number of benzene rings is 1. The summed E-state index contributed by atoms with van der Waals surface area (Å²) in [6, 6.07) is 9.35. The number of thiophene rings is 1. The molecule has 1 heterocycles. The highest BCUT2D eigenvalue weighted by atomic mass is 32.1. The molecular formula is C14H14N2O2S. The first-order valence-corrected chi connectivity index (χ1v) is 6.69. The van der Waals surface area contributed by atoms with Crippen LogP contribution in [0, 0.1) is 0 Å². The van der Waals surface area contributed by atoms with E-state index in [1.54, 1.807) is 24.7 Å². The number of nitrogens with zero attached hydrogens (tertiary/aromatic N) is 1. The number of ether oxygens (including phenoxy) is 1. The fraction of sp³-hybridized carbons (Fsp3) is 0.143. The third-order valence-electron chi connectivity index (χ3n) is 2.46. The first kappa shape index (κ1) is 13.3. The van der Waals surface area contributed by atoms with Gasteiger partial charge in [-0.3, -0.25) is 4.79 Å². The van der Waals surface area contributed by atoms with E-state index < -0.39 is 0 Å². The Bertz CT molecular complexity index is 547. The van der Waals surface area contributed by atoms with Gasteiger partial charge in [0.15, 0.2) is 0 Å². The van der Waals surface area contributed by atoms with Gasteiger partial charge in [-0.15, -0.1) is 0 Å². The molecular weight excluding hydrogens is 260 g/mol. The van der Waals surface area contributed by atoms with Crippen molar-refractivity contribution < 1.29 is 9.53 Å². The lowest BCUT2D eigenvalue weighted by atomic mass is 10.2. The number of carbonyl (C=O) groups is 1. The van der Waals surface area contributed by atoms with E-state index in [2.05, 4.69) is 10.5 Å². The van der Waals surface area contributed by atoms with Crippen molar-refractivity contribution in [2.75, 3.05) is 7.11 Å². The second kappa shape index (κ2) is 6.70. The largest absolute Gasteiger partial charge is 0.497 e. The second-order valence-electron chi connectivity index (χ2n) is 3.87. The van der Waals surface area contributed by atoms with Crippen LogP contribution in [0.15, 0.2) is 46.2 Å². The van der Waals surface area contributed by atoms with Gasteiger partial charge in [-0.2, -0.15) is 16.4 Å². The van der Waals surface area contributed by atoms with Crippen molar-refractivity contribution in [3.63, 3.8) is 0 Å². The van der Waals surface area contributed by atoms with Crippen molar-refractivity contribution in [1.29, 1.82) is 0 Å². The molecule has 5 heteroatoms. The summed E-state index contributed by atoms with van der Waals surface area (Å²) in [5.41, 5.74) is 4.40. The third-order valence-corrected chi connectivity index (χ3v) is 3.20. The van der Waals surface area contributed by atoms with Crippen LogP contribution in [0.4, 0.5) is 0 Å². The predicted molar refractivity (Wildman–Crippen MR) is 76.8 cm³/mol. The molecule has 1 aromatic carbocycles. The molecule has 0 bridgehead atoms. The summed E-state index contributed by atoms with van der Waals surface area (Å²) in [6.45, 7) is 0. The van der Waals surface area contributed by atoms with Gasteiger partial charge in [0.25, 0.3) is 0 Å². The van der Waals surface area contributed by atoms with E-state index in [-0.39, 0.29) is 5.91 Å². The van der Waals surface area contributed by atoms with Crippen molar-refractivity contribution in [2.24, 2.45) is 5.10 Å². The Morgan fingerprint density at radius 3 is 2.79 bits per heavy atom. The van der Waals surface area contributed by atoms with Crippen LogP contribution >= 0.6 is 11.3 Å². The topological polar surface area (TPSA) is 50.7 Å². The molecule has 4 nitrogen and oxygen atoms in total. The van der Waals surface area contributed by atoms with E-state index in [1.165, 1.54) is 0 Å². The van der Waals surface area contributed by atoms with E-state index >= 15 is 0 Å². The highest BCUT2D eigenvalue weighted by Gasteiger charge is 2.01. The summed E-state index contributed by atoms with van der Waals surface area (Å²) >= 11 is 1.58. The maximum atomic E-state index is 11.6. The van der Waals surface area contributed by atoms with Crippen LogP contribution in [0.1, 0.15) is 11.1 Å². The lowest BCUT2D eigenvalue weighted by Gasteiger charge is -1.99. The van der Waals surface area contributed by atoms with Crippen molar-refractivity contribution in [1.82, 2.24) is 5.43 Å². The van der Waals surface area contributed by atoms with Crippen LogP contribution < -0.4 is 10.2 Å². The fourth-order valence-electron chi connectivity index (χ4n) is 1.49. The summed E-state index contributed by atoms with van der Waals surface area (Å²) in [5.74, 6) is 0.668. The number of carbonyl (C=O) groups excluding carboxylic acids is 1. The van der Waals surface area contributed by atoms with Gasteiger partial charge >= 0.3 is 0 Å². The van der Waals surface area contributed by atoms with Crippen LogP contribution in [-0.4, -0.2) is 19.2 Å². The number of hydrazone groups is 1. The molecule has 0 aliphatic rings. The van der Waals surface area contributed by atoms with Crippen molar-refractivity contribution in [2.45, 2.75) is 6.42 Å². The monoisotopic (exact) mass is 274 g/mol. The lowest BCUT2D eigenvalue weighted by molar-refractivity contribution is -0.120. The molecule has 1 amide bonds. The maximum Gasteiger partial charge on any atom is 0.244 e. The van der Waals surface area contributed by atoms with Gasteiger partial charge in [0.05, 0.1) is 19.7 Å². The smallest absolute Gasteiger partial charge is 0.244 e. The molecule has 98 valence electrons. The van der Waals surface area contributed by atoms with Crippen LogP contribution in [0.25, 0.3) is 0 Å². The van der Waals surface area contributed by atoms with Crippen LogP contribution in [0.5, 0.6) is 5.75 Å². The zero-order chi connectivity index (χ0) is 13.5. The van der Waals surface area contributed by atoms with Crippen LogP contribution in [0.3, 0.4) is 0 Å². The number of nitrogens with one attached hydrogen (secondary N) is 1. The molecule has 1 N–H and O–H groups in total. The maximum absolute atomic E-state index is 11.6. The van der Waals surface area contributed by atoms with Gasteiger partial charge < -0.3 is 4.74 Å². The Morgan fingerprint density at radius 2 is 2.16 bits per heavy atom. The van der Waals surface area contributed by atoms with Crippen molar-refractivity contribution >= 4 is 23.5 Å². The highest BCUT2D eigenvalue weighted by molar-refractivity contribution is 7.07. The molecule has 19 heavy (non-hydrogen) atoms. The average Bonchev–Trinajstić information content (AvgIpc) is 2.92. The van der Waals surface area contributed by atoms with Gasteiger partial charge in [-0.1, -0.05) is 0 Å². The number of amides is 1. The molecule has 1 aromatic heterocycles. The normalized spacial score (nSPS) is 10.6. The Morgan fingerprint density at radius 1 is 1.37 bits per heavy atom. The molecule has 0 unspecified atom stereocenters. The summed E-state index contributed by atoms with van der Waals surface area (Å²) in [4.78, 5) is 11.6. The Kier molecular flexibility index (Phi) is 4.69. The van der Waals surface area contributed by atoms with Gasteiger partial charge in [0.2, 0.25) is 5.91 Å². The van der Waals surface area contributed by atoms with Gasteiger partial charge in [0.1, 0.15) is 5.75 Å². The van der Waals surface area contributed by atoms with E-state index in [1.807, 2.05) is 41.1 Å². The van der Waals surface area contributed by atoms with Crippen LogP contribution in [0.2, 0.25) is 0 Å². The first-order chi connectivity index (χ1) is 9.28. The minimum Gasteiger partial charge on any atom is -0.497 e. The molecule has 0 aliphatic heterocycles. The first-order valence-electron chi connectivity index (χ1n) is 5.75. The molecule has 0 atom stereocenters. The molecule has 2 rings (SSSR count). The molecule has 0 aliphatic carbocycles. The Hall–Kier alpha value is -2.14. The highest BCUT2D eigenvalue weighted by Crippen LogP contribution is 2.09. The molecule has 0 saturated heterocycles. The average molecular weight is 274 g/mol. The van der Waals surface area contributed by atoms with E-state index in [4.69, 9.17) is 4.74 Å². The zero-order valence-electron chi connectivity index (χ0n) is 10.5. The van der Waals surface area contributed by atoms with E-state index in [9.17, 15) is 4.79 Å². The molecule has 0 saturated carbocycles. The third kappa shape index (κ3) is 4.22. The van der Waals surface area contributed by atoms with Crippen LogP contribution in [-0.2, 0) is 11.2 Å². The standard InChI is InChI=1S/C14H14N2O2S/c1-18-13-4-2-11(3-5-13)9-15-16-14(17)8-12-6-7-19-10-12/h2-7,9-10H,8H2,1H3,(H,16,17)/b15-9+. The number of hydrogen-bond donors (Lipinski definition) is 1. The molecule has 2 aromatic rings. The van der Waals surface area contributed by atoms with E-state index in [0.29, 0.717) is 6.42 Å². The molecule has 0 spiro atoms. The summed E-state index contributed by atoms with van der Waals surface area (Å²) in [6.07, 6.45) is 1.95. The number of methoxy groups -OCH3 is 1.